The molecular weight excluding hydrogens is 251 g/mol. The first-order valence-electron chi connectivity index (χ1n) is 5.80. The van der Waals surface area contributed by atoms with Gasteiger partial charge in [0.25, 0.3) is 6.01 Å². The van der Waals surface area contributed by atoms with Gasteiger partial charge in [0.1, 0.15) is 12.1 Å². The average molecular weight is 264 g/mol. The Morgan fingerprint density at radius 2 is 2.16 bits per heavy atom. The number of rotatable bonds is 5. The third kappa shape index (κ3) is 3.54. The Bertz CT molecular complexity index is 551. The fourth-order valence-corrected chi connectivity index (χ4v) is 1.43. The van der Waals surface area contributed by atoms with Crippen LogP contribution >= 0.6 is 0 Å². The zero-order chi connectivity index (χ0) is 13.7. The van der Waals surface area contributed by atoms with E-state index in [2.05, 4.69) is 10.3 Å². The summed E-state index contributed by atoms with van der Waals surface area (Å²) in [6.07, 6.45) is 1.23. The number of nitrogens with one attached hydrogen (secondary N) is 1. The van der Waals surface area contributed by atoms with Crippen molar-refractivity contribution in [2.45, 2.75) is 13.5 Å². The summed E-state index contributed by atoms with van der Waals surface area (Å²) in [6.45, 7) is 2.42. The van der Waals surface area contributed by atoms with Crippen molar-refractivity contribution < 1.29 is 18.3 Å². The molecule has 0 aliphatic rings. The molecule has 1 heterocycles. The smallest absolute Gasteiger partial charge is 0.360 e. The summed E-state index contributed by atoms with van der Waals surface area (Å²) in [7, 11) is 0. The first-order valence-corrected chi connectivity index (χ1v) is 5.80. The lowest BCUT2D eigenvalue weighted by atomic mass is 10.2. The van der Waals surface area contributed by atoms with Crippen molar-refractivity contribution in [2.24, 2.45) is 0 Å². The van der Waals surface area contributed by atoms with Gasteiger partial charge in [-0.1, -0.05) is 12.1 Å². The van der Waals surface area contributed by atoms with Gasteiger partial charge >= 0.3 is 5.97 Å². The SMILES string of the molecule is CCOC(=O)c1coc(NCc2ccc(F)cc2)n1. The molecule has 0 unspecified atom stereocenters. The first kappa shape index (κ1) is 13.1. The minimum absolute atomic E-state index is 0.114. The maximum absolute atomic E-state index is 12.7. The Hall–Kier alpha value is -2.37. The quantitative estimate of drug-likeness (QED) is 0.841. The molecular formula is C13H13FN2O3. The van der Waals surface area contributed by atoms with E-state index in [0.717, 1.165) is 5.56 Å². The fourth-order valence-electron chi connectivity index (χ4n) is 1.43. The lowest BCUT2D eigenvalue weighted by molar-refractivity contribution is 0.0519. The minimum atomic E-state index is -0.527. The van der Waals surface area contributed by atoms with Crippen molar-refractivity contribution in [1.29, 1.82) is 0 Å². The molecule has 0 atom stereocenters. The van der Waals surface area contributed by atoms with Crippen LogP contribution in [0.2, 0.25) is 0 Å². The standard InChI is InChI=1S/C13H13FN2O3/c1-2-18-12(17)11-8-19-13(16-11)15-7-9-3-5-10(14)6-4-9/h3-6,8H,2,7H2,1H3,(H,15,16). The number of ether oxygens (including phenoxy) is 1. The molecule has 0 aliphatic carbocycles. The van der Waals surface area contributed by atoms with Gasteiger partial charge in [-0.3, -0.25) is 0 Å². The Kier molecular flexibility index (Phi) is 4.12. The lowest BCUT2D eigenvalue weighted by Crippen LogP contribution is -2.05. The van der Waals surface area contributed by atoms with Crippen LogP contribution in [0.25, 0.3) is 0 Å². The second kappa shape index (κ2) is 5.99. The zero-order valence-corrected chi connectivity index (χ0v) is 10.4. The summed E-state index contributed by atoms with van der Waals surface area (Å²) in [4.78, 5) is 15.3. The van der Waals surface area contributed by atoms with Crippen molar-refractivity contribution >= 4 is 12.0 Å². The third-order valence-electron chi connectivity index (χ3n) is 2.35. The highest BCUT2D eigenvalue weighted by molar-refractivity contribution is 5.87. The molecule has 0 radical (unpaired) electrons. The zero-order valence-electron chi connectivity index (χ0n) is 10.4. The lowest BCUT2D eigenvalue weighted by Gasteiger charge is -2.01. The summed E-state index contributed by atoms with van der Waals surface area (Å²) >= 11 is 0. The van der Waals surface area contributed by atoms with Gasteiger partial charge in [0.2, 0.25) is 0 Å². The van der Waals surface area contributed by atoms with Crippen LogP contribution in [0.1, 0.15) is 23.0 Å². The van der Waals surface area contributed by atoms with Gasteiger partial charge in [0, 0.05) is 6.54 Å². The molecule has 0 saturated heterocycles. The van der Waals surface area contributed by atoms with E-state index in [1.807, 2.05) is 0 Å². The van der Waals surface area contributed by atoms with Crippen molar-refractivity contribution in [2.75, 3.05) is 11.9 Å². The Morgan fingerprint density at radius 3 is 2.84 bits per heavy atom. The number of carbonyl (C=O) groups is 1. The molecule has 6 heteroatoms. The van der Waals surface area contributed by atoms with Crippen LogP contribution < -0.4 is 5.32 Å². The molecule has 0 spiro atoms. The number of halogens is 1. The molecule has 0 aliphatic heterocycles. The van der Waals surface area contributed by atoms with E-state index in [1.54, 1.807) is 19.1 Å². The van der Waals surface area contributed by atoms with Crippen LogP contribution in [-0.4, -0.2) is 17.6 Å². The molecule has 19 heavy (non-hydrogen) atoms. The molecule has 1 aromatic heterocycles. The molecule has 0 fully saturated rings. The van der Waals surface area contributed by atoms with Crippen LogP contribution in [0, 0.1) is 5.82 Å². The summed E-state index contributed by atoms with van der Waals surface area (Å²) in [6, 6.07) is 6.26. The monoisotopic (exact) mass is 264 g/mol. The molecule has 2 rings (SSSR count). The first-order chi connectivity index (χ1) is 9.19. The van der Waals surface area contributed by atoms with Crippen LogP contribution in [0.5, 0.6) is 0 Å². The number of oxazole rings is 1. The average Bonchev–Trinajstić information content (AvgIpc) is 2.87. The Morgan fingerprint density at radius 1 is 1.42 bits per heavy atom. The van der Waals surface area contributed by atoms with Crippen LogP contribution in [0.3, 0.4) is 0 Å². The van der Waals surface area contributed by atoms with Gasteiger partial charge in [-0.05, 0) is 24.6 Å². The topological polar surface area (TPSA) is 64.4 Å². The van der Waals surface area contributed by atoms with E-state index in [4.69, 9.17) is 9.15 Å². The van der Waals surface area contributed by atoms with E-state index in [-0.39, 0.29) is 24.1 Å². The highest BCUT2D eigenvalue weighted by Crippen LogP contribution is 2.11. The van der Waals surface area contributed by atoms with Crippen LogP contribution in [0.15, 0.2) is 34.9 Å². The number of esters is 1. The van der Waals surface area contributed by atoms with Gasteiger partial charge in [-0.25, -0.2) is 9.18 Å². The summed E-state index contributed by atoms with van der Waals surface area (Å²) in [5.74, 6) is -0.814. The predicted molar refractivity (Wildman–Crippen MR) is 66.2 cm³/mol. The van der Waals surface area contributed by atoms with E-state index >= 15 is 0 Å². The number of hydrogen-bond donors (Lipinski definition) is 1. The molecule has 1 N–H and O–H groups in total. The number of aromatic nitrogens is 1. The van der Waals surface area contributed by atoms with Gasteiger partial charge < -0.3 is 14.5 Å². The highest BCUT2D eigenvalue weighted by atomic mass is 19.1. The van der Waals surface area contributed by atoms with Crippen LogP contribution in [0.4, 0.5) is 10.4 Å². The predicted octanol–water partition coefficient (Wildman–Crippen LogP) is 2.60. The van der Waals surface area contributed by atoms with Crippen molar-refractivity contribution in [3.05, 3.63) is 47.6 Å². The second-order valence-corrected chi connectivity index (χ2v) is 3.74. The van der Waals surface area contributed by atoms with Gasteiger partial charge in [0.15, 0.2) is 5.69 Å². The summed E-state index contributed by atoms with van der Waals surface area (Å²) in [5.41, 5.74) is 0.987. The van der Waals surface area contributed by atoms with E-state index in [1.165, 1.54) is 18.4 Å². The molecule has 5 nitrogen and oxygen atoms in total. The molecule has 2 aromatic rings. The molecule has 0 bridgehead atoms. The largest absolute Gasteiger partial charge is 0.461 e. The molecule has 0 saturated carbocycles. The maximum atomic E-state index is 12.7. The third-order valence-corrected chi connectivity index (χ3v) is 2.35. The minimum Gasteiger partial charge on any atom is -0.461 e. The van der Waals surface area contributed by atoms with E-state index in [0.29, 0.717) is 6.54 Å². The summed E-state index contributed by atoms with van der Waals surface area (Å²) in [5, 5.41) is 2.89. The number of anilines is 1. The Balaban J connectivity index is 1.93. The molecule has 0 amide bonds. The van der Waals surface area contributed by atoms with E-state index < -0.39 is 5.97 Å². The maximum Gasteiger partial charge on any atom is 0.360 e. The van der Waals surface area contributed by atoms with E-state index in [9.17, 15) is 9.18 Å². The highest BCUT2D eigenvalue weighted by Gasteiger charge is 2.12. The second-order valence-electron chi connectivity index (χ2n) is 3.74. The van der Waals surface area contributed by atoms with Gasteiger partial charge in [-0.15, -0.1) is 0 Å². The van der Waals surface area contributed by atoms with Gasteiger partial charge in [-0.2, -0.15) is 4.98 Å². The fraction of sp³-hybridized carbons (Fsp3) is 0.231. The number of carbonyl (C=O) groups excluding carboxylic acids is 1. The van der Waals surface area contributed by atoms with Crippen molar-refractivity contribution in [3.63, 3.8) is 0 Å². The molecule has 100 valence electrons. The number of benzene rings is 1. The van der Waals surface area contributed by atoms with Gasteiger partial charge in [0.05, 0.1) is 6.61 Å². The Labute approximate surface area is 109 Å². The van der Waals surface area contributed by atoms with Crippen molar-refractivity contribution in [3.8, 4) is 0 Å². The van der Waals surface area contributed by atoms with Crippen molar-refractivity contribution in [1.82, 2.24) is 4.98 Å². The number of hydrogen-bond acceptors (Lipinski definition) is 5. The normalized spacial score (nSPS) is 10.2. The molecule has 1 aromatic carbocycles. The summed E-state index contributed by atoms with van der Waals surface area (Å²) < 4.78 is 22.6. The number of nitrogens with zero attached hydrogens (tertiary/aromatic N) is 1. The van der Waals surface area contributed by atoms with Crippen LogP contribution in [-0.2, 0) is 11.3 Å².